The molecule has 0 saturated heterocycles. The topological polar surface area (TPSA) is 29.1 Å². The number of carbonyl (C=O) groups is 1. The Morgan fingerprint density at radius 1 is 1.09 bits per heavy atom. The molecule has 1 amide bonds. The number of benzene rings is 2. The van der Waals surface area contributed by atoms with Gasteiger partial charge in [-0.2, -0.15) is 0 Å². The second-order valence-electron chi connectivity index (χ2n) is 6.16. The van der Waals surface area contributed by atoms with Crippen LogP contribution in [0.2, 0.25) is 0 Å². The van der Waals surface area contributed by atoms with Crippen LogP contribution in [0.25, 0.3) is 0 Å². The lowest BCUT2D eigenvalue weighted by Crippen LogP contribution is -2.26. The highest BCUT2D eigenvalue weighted by molar-refractivity contribution is 5.76. The standard InChI is InChI=1S/C20H23NO/c1-15(18-12-11-17-8-5-9-19(17)14-18)21-20(22)13-10-16-6-3-2-4-7-16/h2-4,6-7,11-12,14-15H,5,8-10,13H2,1H3,(H,21,22). The van der Waals surface area contributed by atoms with Crippen molar-refractivity contribution in [2.45, 2.75) is 45.1 Å². The molecule has 0 spiro atoms. The van der Waals surface area contributed by atoms with Crippen LogP contribution in [-0.2, 0) is 24.1 Å². The molecule has 0 aliphatic heterocycles. The molecule has 2 nitrogen and oxygen atoms in total. The molecular formula is C20H23NO. The van der Waals surface area contributed by atoms with Gasteiger partial charge in [-0.15, -0.1) is 0 Å². The first kappa shape index (κ1) is 14.8. The first-order valence-electron chi connectivity index (χ1n) is 8.17. The fourth-order valence-corrected chi connectivity index (χ4v) is 3.16. The monoisotopic (exact) mass is 293 g/mol. The summed E-state index contributed by atoms with van der Waals surface area (Å²) in [4.78, 5) is 12.1. The molecule has 2 aromatic carbocycles. The average molecular weight is 293 g/mol. The van der Waals surface area contributed by atoms with Crippen molar-refractivity contribution < 1.29 is 4.79 Å². The van der Waals surface area contributed by atoms with Crippen LogP contribution >= 0.6 is 0 Å². The molecule has 1 unspecified atom stereocenters. The van der Waals surface area contributed by atoms with Gasteiger partial charge in [0.05, 0.1) is 6.04 Å². The van der Waals surface area contributed by atoms with Crippen molar-refractivity contribution in [2.75, 3.05) is 0 Å². The number of carbonyl (C=O) groups excluding carboxylic acids is 1. The predicted octanol–water partition coefficient (Wildman–Crippen LogP) is 3.99. The number of hydrogen-bond acceptors (Lipinski definition) is 1. The van der Waals surface area contributed by atoms with E-state index in [1.807, 2.05) is 18.2 Å². The van der Waals surface area contributed by atoms with Crippen LogP contribution in [0.1, 0.15) is 48.1 Å². The summed E-state index contributed by atoms with van der Waals surface area (Å²) in [5, 5.41) is 3.12. The highest BCUT2D eigenvalue weighted by Gasteiger charge is 2.14. The van der Waals surface area contributed by atoms with Crippen molar-refractivity contribution >= 4 is 5.91 Å². The van der Waals surface area contributed by atoms with Gasteiger partial charge in [0.1, 0.15) is 0 Å². The van der Waals surface area contributed by atoms with E-state index in [9.17, 15) is 4.79 Å². The minimum atomic E-state index is 0.0779. The van der Waals surface area contributed by atoms with Crippen LogP contribution in [0.3, 0.4) is 0 Å². The van der Waals surface area contributed by atoms with Crippen LogP contribution in [0.4, 0.5) is 0 Å². The van der Waals surface area contributed by atoms with E-state index < -0.39 is 0 Å². The first-order chi connectivity index (χ1) is 10.7. The number of fused-ring (bicyclic) bond motifs is 1. The molecule has 2 heteroatoms. The zero-order valence-electron chi connectivity index (χ0n) is 13.1. The van der Waals surface area contributed by atoms with E-state index in [2.05, 4.69) is 42.6 Å². The minimum Gasteiger partial charge on any atom is -0.350 e. The number of aryl methyl sites for hydroxylation is 3. The predicted molar refractivity (Wildman–Crippen MR) is 89.8 cm³/mol. The molecule has 1 N–H and O–H groups in total. The third-order valence-electron chi connectivity index (χ3n) is 4.48. The molecule has 0 aromatic heterocycles. The number of amides is 1. The normalized spacial score (nSPS) is 14.4. The van der Waals surface area contributed by atoms with Crippen LogP contribution in [0, 0.1) is 0 Å². The van der Waals surface area contributed by atoms with Crippen LogP contribution in [0.15, 0.2) is 48.5 Å². The molecule has 1 atom stereocenters. The first-order valence-corrected chi connectivity index (χ1v) is 8.17. The van der Waals surface area contributed by atoms with Crippen molar-refractivity contribution in [3.05, 3.63) is 70.8 Å². The number of rotatable bonds is 5. The van der Waals surface area contributed by atoms with Gasteiger partial charge < -0.3 is 5.32 Å². The molecule has 2 aromatic rings. The average Bonchev–Trinajstić information content (AvgIpc) is 3.01. The summed E-state index contributed by atoms with van der Waals surface area (Å²) < 4.78 is 0. The third kappa shape index (κ3) is 3.56. The zero-order chi connectivity index (χ0) is 15.4. The second-order valence-corrected chi connectivity index (χ2v) is 6.16. The van der Waals surface area contributed by atoms with Gasteiger partial charge >= 0.3 is 0 Å². The molecule has 1 aliphatic rings. The summed E-state index contributed by atoms with van der Waals surface area (Å²) in [6.07, 6.45) is 4.98. The largest absolute Gasteiger partial charge is 0.350 e. The Morgan fingerprint density at radius 3 is 2.68 bits per heavy atom. The summed E-state index contributed by atoms with van der Waals surface area (Å²) in [5.41, 5.74) is 5.37. The molecule has 0 saturated carbocycles. The van der Waals surface area contributed by atoms with E-state index in [1.54, 1.807) is 0 Å². The van der Waals surface area contributed by atoms with Gasteiger partial charge in [-0.25, -0.2) is 0 Å². The van der Waals surface area contributed by atoms with Gasteiger partial charge in [0.2, 0.25) is 5.91 Å². The fourth-order valence-electron chi connectivity index (χ4n) is 3.16. The molecule has 0 bridgehead atoms. The molecule has 114 valence electrons. The maximum atomic E-state index is 12.1. The Hall–Kier alpha value is -2.09. The molecule has 3 rings (SSSR count). The Morgan fingerprint density at radius 2 is 1.86 bits per heavy atom. The Bertz CT molecular complexity index is 648. The summed E-state index contributed by atoms with van der Waals surface area (Å²) in [6.45, 7) is 2.07. The van der Waals surface area contributed by atoms with Crippen LogP contribution in [0.5, 0.6) is 0 Å². The highest BCUT2D eigenvalue weighted by Crippen LogP contribution is 2.25. The van der Waals surface area contributed by atoms with E-state index in [4.69, 9.17) is 0 Å². The van der Waals surface area contributed by atoms with Crippen molar-refractivity contribution in [3.63, 3.8) is 0 Å². The molecule has 0 heterocycles. The van der Waals surface area contributed by atoms with E-state index in [1.165, 1.54) is 41.5 Å². The van der Waals surface area contributed by atoms with Gasteiger partial charge in [0.15, 0.2) is 0 Å². The van der Waals surface area contributed by atoms with Crippen molar-refractivity contribution in [2.24, 2.45) is 0 Å². The van der Waals surface area contributed by atoms with E-state index in [0.29, 0.717) is 6.42 Å². The Kier molecular flexibility index (Phi) is 4.57. The van der Waals surface area contributed by atoms with Crippen molar-refractivity contribution in [3.8, 4) is 0 Å². The van der Waals surface area contributed by atoms with Gasteiger partial charge in [-0.1, -0.05) is 48.5 Å². The maximum absolute atomic E-state index is 12.1. The molecular weight excluding hydrogens is 270 g/mol. The van der Waals surface area contributed by atoms with E-state index in [0.717, 1.165) is 6.42 Å². The quantitative estimate of drug-likeness (QED) is 0.887. The minimum absolute atomic E-state index is 0.0779. The second kappa shape index (κ2) is 6.78. The van der Waals surface area contributed by atoms with E-state index in [-0.39, 0.29) is 11.9 Å². The van der Waals surface area contributed by atoms with Gasteiger partial charge in [-0.05, 0) is 54.9 Å². The van der Waals surface area contributed by atoms with Gasteiger partial charge in [0, 0.05) is 6.42 Å². The third-order valence-corrected chi connectivity index (χ3v) is 4.48. The smallest absolute Gasteiger partial charge is 0.220 e. The van der Waals surface area contributed by atoms with Crippen molar-refractivity contribution in [1.82, 2.24) is 5.32 Å². The summed E-state index contributed by atoms with van der Waals surface area (Å²) in [7, 11) is 0. The molecule has 0 radical (unpaired) electrons. The molecule has 1 aliphatic carbocycles. The summed E-state index contributed by atoms with van der Waals surface area (Å²) in [6, 6.07) is 16.9. The van der Waals surface area contributed by atoms with Gasteiger partial charge in [0.25, 0.3) is 0 Å². The molecule has 0 fully saturated rings. The van der Waals surface area contributed by atoms with Crippen LogP contribution in [-0.4, -0.2) is 5.91 Å². The SMILES string of the molecule is CC(NC(=O)CCc1ccccc1)c1ccc2c(c1)CCC2. The van der Waals surface area contributed by atoms with Gasteiger partial charge in [-0.3, -0.25) is 4.79 Å². The lowest BCUT2D eigenvalue weighted by molar-refractivity contribution is -0.121. The lowest BCUT2D eigenvalue weighted by Gasteiger charge is -2.15. The Labute approximate surface area is 132 Å². The van der Waals surface area contributed by atoms with Crippen LogP contribution < -0.4 is 5.32 Å². The van der Waals surface area contributed by atoms with E-state index >= 15 is 0 Å². The highest BCUT2D eigenvalue weighted by atomic mass is 16.1. The summed E-state index contributed by atoms with van der Waals surface area (Å²) in [5.74, 6) is 0.122. The molecule has 22 heavy (non-hydrogen) atoms. The Balaban J connectivity index is 1.55. The lowest BCUT2D eigenvalue weighted by atomic mass is 10.0. The maximum Gasteiger partial charge on any atom is 0.220 e. The van der Waals surface area contributed by atoms with Crippen molar-refractivity contribution in [1.29, 1.82) is 0 Å². The number of nitrogens with one attached hydrogen (secondary N) is 1. The zero-order valence-corrected chi connectivity index (χ0v) is 13.1. The number of hydrogen-bond donors (Lipinski definition) is 1. The fraction of sp³-hybridized carbons (Fsp3) is 0.350. The summed E-state index contributed by atoms with van der Waals surface area (Å²) >= 11 is 0.